The number of aromatic hydroxyl groups is 1. The van der Waals surface area contributed by atoms with Crippen LogP contribution in [0.5, 0.6) is 5.75 Å². The van der Waals surface area contributed by atoms with E-state index < -0.39 is 0 Å². The van der Waals surface area contributed by atoms with Gasteiger partial charge in [-0.25, -0.2) is 0 Å². The second-order valence-electron chi connectivity index (χ2n) is 4.52. The van der Waals surface area contributed by atoms with Crippen LogP contribution in [-0.4, -0.2) is 5.11 Å². The molecule has 0 heterocycles. The number of rotatable bonds is 3. The zero-order valence-corrected chi connectivity index (χ0v) is 12.3. The summed E-state index contributed by atoms with van der Waals surface area (Å²) in [5.74, 6) is 0.310. The Labute approximate surface area is 123 Å². The fourth-order valence-corrected chi connectivity index (χ4v) is 2.28. The van der Waals surface area contributed by atoms with Gasteiger partial charge in [0.05, 0.1) is 10.7 Å². The molecule has 0 atom stereocenters. The summed E-state index contributed by atoms with van der Waals surface area (Å²) >= 11 is 12.2. The third kappa shape index (κ3) is 3.14. The van der Waals surface area contributed by atoms with Gasteiger partial charge in [-0.2, -0.15) is 0 Å². The SMILES string of the molecule is Cc1cc(Cl)c(NCc2cccc(C)c2O)cc1Cl. The van der Waals surface area contributed by atoms with E-state index in [2.05, 4.69) is 5.32 Å². The average Bonchev–Trinajstić information content (AvgIpc) is 2.37. The van der Waals surface area contributed by atoms with E-state index >= 15 is 0 Å². The monoisotopic (exact) mass is 295 g/mol. The highest BCUT2D eigenvalue weighted by molar-refractivity contribution is 6.35. The molecule has 4 heteroatoms. The normalized spacial score (nSPS) is 10.5. The van der Waals surface area contributed by atoms with Crippen molar-refractivity contribution >= 4 is 28.9 Å². The van der Waals surface area contributed by atoms with Crippen LogP contribution in [0.2, 0.25) is 10.0 Å². The van der Waals surface area contributed by atoms with Crippen LogP contribution < -0.4 is 5.32 Å². The van der Waals surface area contributed by atoms with Crippen LogP contribution in [-0.2, 0) is 6.54 Å². The molecule has 2 rings (SSSR count). The maximum absolute atomic E-state index is 9.94. The molecule has 2 aromatic rings. The minimum atomic E-state index is 0.310. The van der Waals surface area contributed by atoms with Gasteiger partial charge in [0.1, 0.15) is 5.75 Å². The first-order valence-electron chi connectivity index (χ1n) is 5.96. The summed E-state index contributed by atoms with van der Waals surface area (Å²) in [7, 11) is 0. The number of phenolic OH excluding ortho intramolecular Hbond substituents is 1. The smallest absolute Gasteiger partial charge is 0.123 e. The number of phenols is 1. The van der Waals surface area contributed by atoms with Gasteiger partial charge < -0.3 is 10.4 Å². The largest absolute Gasteiger partial charge is 0.507 e. The zero-order chi connectivity index (χ0) is 14.0. The van der Waals surface area contributed by atoms with Crippen molar-refractivity contribution in [1.29, 1.82) is 0 Å². The van der Waals surface area contributed by atoms with Crippen molar-refractivity contribution in [1.82, 2.24) is 0 Å². The van der Waals surface area contributed by atoms with Crippen molar-refractivity contribution < 1.29 is 5.11 Å². The third-order valence-corrected chi connectivity index (χ3v) is 3.76. The number of hydrogen-bond donors (Lipinski definition) is 2. The quantitative estimate of drug-likeness (QED) is 0.842. The standard InChI is InChI=1S/C15H15Cl2NO/c1-9-4-3-5-11(15(9)19)8-18-14-7-12(16)10(2)6-13(14)17/h3-7,18-19H,8H2,1-2H3. The predicted octanol–water partition coefficient (Wildman–Crippen LogP) is 4.93. The van der Waals surface area contributed by atoms with Crippen LogP contribution in [0.1, 0.15) is 16.7 Å². The summed E-state index contributed by atoms with van der Waals surface area (Å²) in [6.07, 6.45) is 0. The first kappa shape index (κ1) is 14.0. The van der Waals surface area contributed by atoms with Crippen molar-refractivity contribution in [3.05, 3.63) is 57.1 Å². The van der Waals surface area contributed by atoms with Gasteiger partial charge in [0.15, 0.2) is 0 Å². The Bertz CT molecular complexity index is 611. The van der Waals surface area contributed by atoms with E-state index in [1.807, 2.05) is 38.1 Å². The number of hydrogen-bond acceptors (Lipinski definition) is 2. The zero-order valence-electron chi connectivity index (χ0n) is 10.8. The maximum Gasteiger partial charge on any atom is 0.123 e. The minimum Gasteiger partial charge on any atom is -0.507 e. The lowest BCUT2D eigenvalue weighted by Crippen LogP contribution is -2.01. The molecule has 0 saturated heterocycles. The van der Waals surface area contributed by atoms with E-state index in [4.69, 9.17) is 23.2 Å². The fourth-order valence-electron chi connectivity index (χ4n) is 1.83. The van der Waals surface area contributed by atoms with Gasteiger partial charge in [-0.3, -0.25) is 0 Å². The Hall–Kier alpha value is -1.38. The molecule has 0 radical (unpaired) electrons. The van der Waals surface area contributed by atoms with Crippen LogP contribution in [0, 0.1) is 13.8 Å². The molecule has 0 saturated carbocycles. The lowest BCUT2D eigenvalue weighted by Gasteiger charge is -2.12. The summed E-state index contributed by atoms with van der Waals surface area (Å²) < 4.78 is 0. The molecule has 0 amide bonds. The lowest BCUT2D eigenvalue weighted by molar-refractivity contribution is 0.465. The Morgan fingerprint density at radius 2 is 1.79 bits per heavy atom. The number of anilines is 1. The van der Waals surface area contributed by atoms with E-state index in [1.54, 1.807) is 6.07 Å². The molecule has 0 aromatic heterocycles. The molecule has 0 bridgehead atoms. The molecule has 2 nitrogen and oxygen atoms in total. The van der Waals surface area contributed by atoms with E-state index in [-0.39, 0.29) is 0 Å². The van der Waals surface area contributed by atoms with E-state index in [0.717, 1.165) is 22.4 Å². The van der Waals surface area contributed by atoms with Gasteiger partial charge in [0.2, 0.25) is 0 Å². The highest BCUT2D eigenvalue weighted by Gasteiger charge is 2.07. The van der Waals surface area contributed by atoms with Gasteiger partial charge in [0.25, 0.3) is 0 Å². The van der Waals surface area contributed by atoms with Gasteiger partial charge in [-0.05, 0) is 37.1 Å². The number of para-hydroxylation sites is 1. The second-order valence-corrected chi connectivity index (χ2v) is 5.33. The molecule has 0 aliphatic carbocycles. The van der Waals surface area contributed by atoms with Crippen LogP contribution in [0.15, 0.2) is 30.3 Å². The van der Waals surface area contributed by atoms with Crippen LogP contribution in [0.3, 0.4) is 0 Å². The van der Waals surface area contributed by atoms with Crippen molar-refractivity contribution in [2.24, 2.45) is 0 Å². The maximum atomic E-state index is 9.94. The van der Waals surface area contributed by atoms with Crippen LogP contribution >= 0.6 is 23.2 Å². The second kappa shape index (κ2) is 5.72. The summed E-state index contributed by atoms with van der Waals surface area (Å²) in [5.41, 5.74) is 3.38. The Morgan fingerprint density at radius 1 is 1.05 bits per heavy atom. The molecule has 19 heavy (non-hydrogen) atoms. The van der Waals surface area contributed by atoms with E-state index in [9.17, 15) is 5.11 Å². The number of aryl methyl sites for hydroxylation is 2. The van der Waals surface area contributed by atoms with E-state index in [0.29, 0.717) is 22.3 Å². The molecule has 2 N–H and O–H groups in total. The first-order chi connectivity index (χ1) is 8.99. The molecular formula is C15H15Cl2NO. The van der Waals surface area contributed by atoms with Gasteiger partial charge in [0, 0.05) is 17.1 Å². The third-order valence-electron chi connectivity index (χ3n) is 3.04. The number of benzene rings is 2. The summed E-state index contributed by atoms with van der Waals surface area (Å²) in [5, 5.41) is 14.4. The predicted molar refractivity (Wildman–Crippen MR) is 81.4 cm³/mol. The van der Waals surface area contributed by atoms with Gasteiger partial charge >= 0.3 is 0 Å². The molecule has 0 unspecified atom stereocenters. The topological polar surface area (TPSA) is 32.3 Å². The number of halogens is 2. The Kier molecular flexibility index (Phi) is 4.23. The molecular weight excluding hydrogens is 281 g/mol. The Balaban J connectivity index is 2.19. The fraction of sp³-hybridized carbons (Fsp3) is 0.200. The van der Waals surface area contributed by atoms with Crippen molar-refractivity contribution in [2.45, 2.75) is 20.4 Å². The van der Waals surface area contributed by atoms with Crippen molar-refractivity contribution in [3.8, 4) is 5.75 Å². The van der Waals surface area contributed by atoms with Crippen molar-refractivity contribution in [3.63, 3.8) is 0 Å². The highest BCUT2D eigenvalue weighted by atomic mass is 35.5. The molecule has 0 aliphatic heterocycles. The average molecular weight is 296 g/mol. The van der Waals surface area contributed by atoms with Crippen LogP contribution in [0.4, 0.5) is 5.69 Å². The first-order valence-corrected chi connectivity index (χ1v) is 6.71. The van der Waals surface area contributed by atoms with Gasteiger partial charge in [-0.15, -0.1) is 0 Å². The molecule has 2 aromatic carbocycles. The molecule has 0 fully saturated rings. The lowest BCUT2D eigenvalue weighted by atomic mass is 10.1. The summed E-state index contributed by atoms with van der Waals surface area (Å²) in [4.78, 5) is 0. The molecule has 0 aliphatic rings. The van der Waals surface area contributed by atoms with Crippen LogP contribution in [0.25, 0.3) is 0 Å². The number of nitrogens with one attached hydrogen (secondary N) is 1. The molecule has 0 spiro atoms. The van der Waals surface area contributed by atoms with E-state index in [1.165, 1.54) is 0 Å². The summed E-state index contributed by atoms with van der Waals surface area (Å²) in [6.45, 7) is 4.27. The highest BCUT2D eigenvalue weighted by Crippen LogP contribution is 2.30. The Morgan fingerprint density at radius 3 is 2.53 bits per heavy atom. The molecule has 100 valence electrons. The summed E-state index contributed by atoms with van der Waals surface area (Å²) in [6, 6.07) is 9.28. The minimum absolute atomic E-state index is 0.310. The van der Waals surface area contributed by atoms with Gasteiger partial charge in [-0.1, -0.05) is 41.4 Å². The van der Waals surface area contributed by atoms with Crippen molar-refractivity contribution in [2.75, 3.05) is 5.32 Å².